The van der Waals surface area contributed by atoms with E-state index in [0.29, 0.717) is 10.8 Å². The average Bonchev–Trinajstić information content (AvgIpc) is 2.43. The van der Waals surface area contributed by atoms with Crippen LogP contribution in [0.15, 0.2) is 18.2 Å². The predicted molar refractivity (Wildman–Crippen MR) is 50.3 cm³/mol. The second kappa shape index (κ2) is 2.47. The predicted octanol–water partition coefficient (Wildman–Crippen LogP) is 2.43. The van der Waals surface area contributed by atoms with E-state index in [4.69, 9.17) is 12.3 Å². The molecule has 0 unspecified atom stereocenters. The number of fused-ring (bicyclic) bond motifs is 1. The largest absolute Gasteiger partial charge is 0.375 e. The van der Waals surface area contributed by atoms with Crippen molar-refractivity contribution in [3.8, 4) is 0 Å². The van der Waals surface area contributed by atoms with Gasteiger partial charge < -0.3 is 5.73 Å². The van der Waals surface area contributed by atoms with Crippen LogP contribution in [0.25, 0.3) is 15.1 Å². The number of rotatable bonds is 0. The van der Waals surface area contributed by atoms with E-state index in [1.807, 2.05) is 6.07 Å². The van der Waals surface area contributed by atoms with E-state index in [-0.39, 0.29) is 0 Å². The van der Waals surface area contributed by atoms with E-state index in [1.54, 1.807) is 12.1 Å². The van der Waals surface area contributed by atoms with E-state index in [1.165, 1.54) is 11.3 Å². The maximum atomic E-state index is 6.80. The third-order valence-electron chi connectivity index (χ3n) is 1.52. The van der Waals surface area contributed by atoms with Gasteiger partial charge in [0.25, 0.3) is 0 Å². The number of nitrogens with two attached hydrogens (primary N) is 1. The zero-order valence-corrected chi connectivity index (χ0v) is 6.93. The Balaban J connectivity index is 2.77. The maximum absolute atomic E-state index is 6.80. The molecular weight excluding hydrogens is 170 g/mol. The molecule has 0 aliphatic carbocycles. The summed E-state index contributed by atoms with van der Waals surface area (Å²) in [7, 11) is 0. The molecule has 0 atom stereocenters. The Kier molecular flexibility index (Phi) is 1.45. The molecule has 0 saturated carbocycles. The highest BCUT2D eigenvalue weighted by Crippen LogP contribution is 2.27. The minimum absolute atomic E-state index is 0.548. The Labute approximate surface area is 73.3 Å². The van der Waals surface area contributed by atoms with Crippen LogP contribution >= 0.6 is 11.3 Å². The number of hydrogen-bond donors (Lipinski definition) is 1. The molecule has 0 radical (unpaired) electrons. The zero-order valence-electron chi connectivity index (χ0n) is 6.11. The van der Waals surface area contributed by atoms with Crippen molar-refractivity contribution in [3.05, 3.63) is 29.6 Å². The van der Waals surface area contributed by atoms with Crippen molar-refractivity contribution in [2.75, 3.05) is 5.73 Å². The van der Waals surface area contributed by atoms with Gasteiger partial charge in [0, 0.05) is 4.70 Å². The molecule has 0 saturated heterocycles. The number of benzene rings is 1. The van der Waals surface area contributed by atoms with Gasteiger partial charge in [0.2, 0.25) is 0 Å². The number of nitrogen functional groups attached to an aromatic ring is 1. The van der Waals surface area contributed by atoms with E-state index in [0.717, 1.165) is 10.2 Å². The van der Waals surface area contributed by atoms with Crippen LogP contribution in [0, 0.1) is 6.57 Å². The maximum Gasteiger partial charge on any atom is 0.188 e. The van der Waals surface area contributed by atoms with Crippen LogP contribution < -0.4 is 5.73 Å². The van der Waals surface area contributed by atoms with Crippen LogP contribution in [0.5, 0.6) is 0 Å². The lowest BCUT2D eigenvalue weighted by Crippen LogP contribution is -1.78. The lowest BCUT2D eigenvalue weighted by atomic mass is 10.3. The van der Waals surface area contributed by atoms with Crippen molar-refractivity contribution in [2.45, 2.75) is 0 Å². The summed E-state index contributed by atoms with van der Waals surface area (Å²) in [5, 5.41) is 0.548. The van der Waals surface area contributed by atoms with E-state index >= 15 is 0 Å². The molecule has 1 heterocycles. The Morgan fingerprint density at radius 2 is 2.33 bits per heavy atom. The van der Waals surface area contributed by atoms with Gasteiger partial charge in [-0.25, -0.2) is 9.83 Å². The second-order valence-corrected chi connectivity index (χ2v) is 3.38. The Bertz CT molecular complexity index is 467. The number of hydrogen-bond acceptors (Lipinski definition) is 3. The highest BCUT2D eigenvalue weighted by Gasteiger charge is 2.00. The van der Waals surface area contributed by atoms with Gasteiger partial charge in [0.1, 0.15) is 0 Å². The van der Waals surface area contributed by atoms with Gasteiger partial charge in [-0.05, 0) is 12.1 Å². The first-order valence-corrected chi connectivity index (χ1v) is 4.15. The van der Waals surface area contributed by atoms with Crippen molar-refractivity contribution in [1.82, 2.24) is 4.98 Å². The van der Waals surface area contributed by atoms with Gasteiger partial charge in [-0.2, -0.15) is 0 Å². The fourth-order valence-corrected chi connectivity index (χ4v) is 1.77. The first kappa shape index (κ1) is 7.07. The summed E-state index contributed by atoms with van der Waals surface area (Å²) in [4.78, 5) is 7.40. The fourth-order valence-electron chi connectivity index (χ4n) is 1.00. The van der Waals surface area contributed by atoms with Crippen molar-refractivity contribution in [1.29, 1.82) is 0 Å². The molecule has 58 valence electrons. The molecule has 1 aromatic carbocycles. The molecule has 2 aromatic rings. The molecule has 12 heavy (non-hydrogen) atoms. The molecule has 0 spiro atoms. The van der Waals surface area contributed by atoms with Gasteiger partial charge >= 0.3 is 0 Å². The topological polar surface area (TPSA) is 43.3 Å². The van der Waals surface area contributed by atoms with Gasteiger partial charge in [-0.15, -0.1) is 0 Å². The lowest BCUT2D eigenvalue weighted by molar-refractivity contribution is 1.50. The number of anilines is 1. The molecule has 0 amide bonds. The quantitative estimate of drug-likeness (QED) is 0.625. The first-order chi connectivity index (χ1) is 5.79. The smallest absolute Gasteiger partial charge is 0.188 e. The Morgan fingerprint density at radius 1 is 1.50 bits per heavy atom. The molecule has 1 aromatic heterocycles. The third kappa shape index (κ3) is 1.00. The molecule has 2 rings (SSSR count). The number of nitrogens with zero attached hydrogens (tertiary/aromatic N) is 2. The van der Waals surface area contributed by atoms with Gasteiger partial charge in [0.15, 0.2) is 10.8 Å². The standard InChI is InChI=1S/C8H5N3S/c1-10-5-2-3-6-7(4-5)12-8(9)11-6/h2-4H,(H2,9,11). The van der Waals surface area contributed by atoms with Crippen LogP contribution in [0.1, 0.15) is 0 Å². The van der Waals surface area contributed by atoms with Gasteiger partial charge in [-0.1, -0.05) is 17.4 Å². The highest BCUT2D eigenvalue weighted by atomic mass is 32.1. The minimum Gasteiger partial charge on any atom is -0.375 e. The zero-order chi connectivity index (χ0) is 8.55. The van der Waals surface area contributed by atoms with E-state index in [9.17, 15) is 0 Å². The monoisotopic (exact) mass is 175 g/mol. The first-order valence-electron chi connectivity index (χ1n) is 3.33. The van der Waals surface area contributed by atoms with Crippen molar-refractivity contribution >= 4 is 32.4 Å². The average molecular weight is 175 g/mol. The summed E-state index contributed by atoms with van der Waals surface area (Å²) in [5.41, 5.74) is 7.01. The summed E-state index contributed by atoms with van der Waals surface area (Å²) >= 11 is 1.40. The minimum atomic E-state index is 0.548. The molecule has 4 heteroatoms. The van der Waals surface area contributed by atoms with Gasteiger partial charge in [-0.3, -0.25) is 0 Å². The molecule has 0 bridgehead atoms. The van der Waals surface area contributed by atoms with Crippen LogP contribution in [0.3, 0.4) is 0 Å². The van der Waals surface area contributed by atoms with Crippen molar-refractivity contribution < 1.29 is 0 Å². The Morgan fingerprint density at radius 3 is 3.08 bits per heavy atom. The molecular formula is C8H5N3S. The van der Waals surface area contributed by atoms with E-state index < -0.39 is 0 Å². The summed E-state index contributed by atoms with van der Waals surface area (Å²) in [6, 6.07) is 5.36. The number of aromatic nitrogens is 1. The lowest BCUT2D eigenvalue weighted by Gasteiger charge is -1.86. The Hall–Kier alpha value is -1.60. The third-order valence-corrected chi connectivity index (χ3v) is 2.36. The van der Waals surface area contributed by atoms with Crippen LogP contribution in [-0.2, 0) is 0 Å². The van der Waals surface area contributed by atoms with Gasteiger partial charge in [0.05, 0.1) is 12.1 Å². The second-order valence-electron chi connectivity index (χ2n) is 2.32. The number of thiazole rings is 1. The van der Waals surface area contributed by atoms with Crippen molar-refractivity contribution in [3.63, 3.8) is 0 Å². The molecule has 3 nitrogen and oxygen atoms in total. The van der Waals surface area contributed by atoms with E-state index in [2.05, 4.69) is 9.83 Å². The van der Waals surface area contributed by atoms with Crippen LogP contribution in [-0.4, -0.2) is 4.98 Å². The summed E-state index contributed by atoms with van der Waals surface area (Å²) in [6.07, 6.45) is 0. The van der Waals surface area contributed by atoms with Crippen LogP contribution in [0.2, 0.25) is 0 Å². The summed E-state index contributed by atoms with van der Waals surface area (Å²) < 4.78 is 0.973. The molecule has 0 aliphatic rings. The molecule has 2 N–H and O–H groups in total. The SMILES string of the molecule is [C-]#[N+]c1ccc2nc(N)sc2c1. The van der Waals surface area contributed by atoms with Crippen LogP contribution in [0.4, 0.5) is 10.8 Å². The summed E-state index contributed by atoms with van der Waals surface area (Å²) in [6.45, 7) is 6.80. The fraction of sp³-hybridized carbons (Fsp3) is 0. The summed E-state index contributed by atoms with van der Waals surface area (Å²) in [5.74, 6) is 0. The molecule has 0 fully saturated rings. The van der Waals surface area contributed by atoms with Crippen molar-refractivity contribution in [2.24, 2.45) is 0 Å². The molecule has 0 aliphatic heterocycles. The highest BCUT2D eigenvalue weighted by molar-refractivity contribution is 7.22. The normalized spacial score (nSPS) is 9.92.